The van der Waals surface area contributed by atoms with E-state index in [2.05, 4.69) is 138 Å². The van der Waals surface area contributed by atoms with Crippen molar-refractivity contribution in [1.82, 2.24) is 9.47 Å². The van der Waals surface area contributed by atoms with E-state index in [4.69, 9.17) is 5.73 Å². The first-order valence-electron chi connectivity index (χ1n) is 13.9. The third-order valence-electron chi connectivity index (χ3n) is 9.12. The molecule has 0 fully saturated rings. The molecular weight excluding hydrogens is 474 g/mol. The van der Waals surface area contributed by atoms with Crippen LogP contribution in [0.2, 0.25) is 0 Å². The van der Waals surface area contributed by atoms with Crippen LogP contribution in [0.3, 0.4) is 0 Å². The Hall–Kier alpha value is -4.50. The average Bonchev–Trinajstić information content (AvgIpc) is 3.31. The number of rotatable bonds is 3. The molecule has 0 bridgehead atoms. The molecule has 1 aromatic heterocycles. The molecule has 0 radical (unpaired) electrons. The minimum absolute atomic E-state index is 0.149. The first kappa shape index (κ1) is 22.5. The van der Waals surface area contributed by atoms with Crippen LogP contribution in [0.1, 0.15) is 36.2 Å². The molecule has 3 aliphatic rings. The molecule has 0 saturated heterocycles. The number of hydrogen-bond donors (Lipinski definition) is 1. The van der Waals surface area contributed by atoms with Gasteiger partial charge in [-0.3, -0.25) is 0 Å². The van der Waals surface area contributed by atoms with E-state index in [9.17, 15) is 0 Å². The second-order valence-electron chi connectivity index (χ2n) is 11.4. The number of para-hydroxylation sites is 1. The molecule has 3 heterocycles. The van der Waals surface area contributed by atoms with Crippen LogP contribution >= 0.6 is 0 Å². The van der Waals surface area contributed by atoms with Crippen LogP contribution in [0, 0.1) is 5.92 Å². The number of anilines is 1. The van der Waals surface area contributed by atoms with Crippen molar-refractivity contribution in [2.75, 3.05) is 5.73 Å². The Bertz CT molecular complexity index is 1840. The van der Waals surface area contributed by atoms with Crippen molar-refractivity contribution in [2.24, 2.45) is 5.92 Å². The maximum Gasteiger partial charge on any atom is 0.108 e. The van der Waals surface area contributed by atoms with Crippen LogP contribution in [0.4, 0.5) is 5.69 Å². The number of nitrogens with zero attached hydrogens (tertiary/aromatic N) is 2. The van der Waals surface area contributed by atoms with E-state index < -0.39 is 0 Å². The highest BCUT2D eigenvalue weighted by molar-refractivity contribution is 6.11. The van der Waals surface area contributed by atoms with Crippen LogP contribution in [-0.2, 0) is 12.0 Å². The van der Waals surface area contributed by atoms with Crippen LogP contribution in [0.25, 0.3) is 27.5 Å². The Morgan fingerprint density at radius 3 is 2.38 bits per heavy atom. The van der Waals surface area contributed by atoms with Crippen LogP contribution in [-0.4, -0.2) is 9.47 Å². The maximum atomic E-state index is 7.01. The summed E-state index contributed by atoms with van der Waals surface area (Å²) in [6.07, 6.45) is 11.2. The number of nitrogens with two attached hydrogens (primary N) is 1. The largest absolute Gasteiger partial charge is 0.398 e. The number of hydrogen-bond acceptors (Lipinski definition) is 2. The quantitative estimate of drug-likeness (QED) is 0.251. The fraction of sp³-hybridized carbons (Fsp3) is 0.167. The molecule has 4 aromatic carbocycles. The summed E-state index contributed by atoms with van der Waals surface area (Å²) in [4.78, 5) is 2.73. The Labute approximate surface area is 229 Å². The lowest BCUT2D eigenvalue weighted by atomic mass is 9.74. The number of benzene rings is 4. The molecule has 5 aromatic rings. The summed E-state index contributed by atoms with van der Waals surface area (Å²) in [6.45, 7) is 2.42. The summed E-state index contributed by atoms with van der Waals surface area (Å²) in [7, 11) is 0. The van der Waals surface area contributed by atoms with Gasteiger partial charge in [-0.05, 0) is 48.6 Å². The molecule has 3 nitrogen and oxygen atoms in total. The lowest BCUT2D eigenvalue weighted by Crippen LogP contribution is -2.53. The van der Waals surface area contributed by atoms with E-state index in [1.54, 1.807) is 0 Å². The zero-order chi connectivity index (χ0) is 26.1. The van der Waals surface area contributed by atoms with Crippen molar-refractivity contribution in [2.45, 2.75) is 31.5 Å². The summed E-state index contributed by atoms with van der Waals surface area (Å²) in [5.74, 6) is 0.353. The SMILES string of the molecule is CC1(Cc2ccccc2)c2c(N)ccc3c4ccccc4n(c23)C2CC3C=CC=CC3=C(c3ccccc3)N21. The van der Waals surface area contributed by atoms with E-state index >= 15 is 0 Å². The molecule has 1 aliphatic carbocycles. The van der Waals surface area contributed by atoms with E-state index in [1.165, 1.54) is 49.8 Å². The summed E-state index contributed by atoms with van der Waals surface area (Å²) in [5, 5.41) is 2.59. The lowest BCUT2D eigenvalue weighted by molar-refractivity contribution is 0.0572. The normalized spacial score (nSPS) is 23.4. The van der Waals surface area contributed by atoms with E-state index in [0.29, 0.717) is 5.92 Å². The highest BCUT2D eigenvalue weighted by atomic mass is 15.4. The summed E-state index contributed by atoms with van der Waals surface area (Å²) in [5.41, 5.74) is 16.6. The van der Waals surface area contributed by atoms with Gasteiger partial charge in [-0.1, -0.05) is 109 Å². The van der Waals surface area contributed by atoms with Gasteiger partial charge in [-0.25, -0.2) is 0 Å². The van der Waals surface area contributed by atoms with E-state index in [1.807, 2.05) is 0 Å². The molecule has 3 heteroatoms. The standard InChI is InChI=1S/C36H31N3/c1-36(23-24-12-4-2-5-13-24)33-30(37)21-20-29-28-18-10-11-19-31(28)38(35(29)33)32-22-26-16-8-9-17-27(26)34(39(32)36)25-14-6-3-7-15-25/h2-21,26,32H,22-23,37H2,1H3. The first-order valence-corrected chi connectivity index (χ1v) is 13.9. The Kier molecular flexibility index (Phi) is 4.75. The fourth-order valence-corrected chi connectivity index (χ4v) is 7.63. The van der Waals surface area contributed by atoms with Gasteiger partial charge in [0.25, 0.3) is 0 Å². The third kappa shape index (κ3) is 3.10. The molecule has 39 heavy (non-hydrogen) atoms. The van der Waals surface area contributed by atoms with Crippen LogP contribution in [0.5, 0.6) is 0 Å². The highest BCUT2D eigenvalue weighted by Crippen LogP contribution is 2.58. The van der Waals surface area contributed by atoms with Crippen molar-refractivity contribution in [3.8, 4) is 0 Å². The second-order valence-corrected chi connectivity index (χ2v) is 11.4. The molecule has 3 atom stereocenters. The Morgan fingerprint density at radius 2 is 1.56 bits per heavy atom. The van der Waals surface area contributed by atoms with Crippen molar-refractivity contribution < 1.29 is 0 Å². The molecule has 3 unspecified atom stereocenters. The van der Waals surface area contributed by atoms with Gasteiger partial charge >= 0.3 is 0 Å². The fourth-order valence-electron chi connectivity index (χ4n) is 7.63. The summed E-state index contributed by atoms with van der Waals surface area (Å²) >= 11 is 0. The van der Waals surface area contributed by atoms with Gasteiger partial charge in [0, 0.05) is 27.9 Å². The van der Waals surface area contributed by atoms with Gasteiger partial charge in [0.05, 0.1) is 22.3 Å². The molecule has 2 aliphatic heterocycles. The number of allylic oxidation sites excluding steroid dienone is 5. The summed E-state index contributed by atoms with van der Waals surface area (Å²) in [6, 6.07) is 35.1. The molecule has 2 N–H and O–H groups in total. The number of aromatic nitrogens is 1. The van der Waals surface area contributed by atoms with Crippen molar-refractivity contribution >= 4 is 33.2 Å². The molecule has 190 valence electrons. The van der Waals surface area contributed by atoms with Gasteiger partial charge < -0.3 is 15.2 Å². The predicted molar refractivity (Wildman–Crippen MR) is 162 cm³/mol. The number of fused-ring (bicyclic) bond motifs is 6. The highest BCUT2D eigenvalue weighted by Gasteiger charge is 2.50. The molecule has 8 rings (SSSR count). The second kappa shape index (κ2) is 8.25. The zero-order valence-electron chi connectivity index (χ0n) is 22.1. The zero-order valence-corrected chi connectivity index (χ0v) is 22.1. The van der Waals surface area contributed by atoms with Gasteiger partial charge in [0.2, 0.25) is 0 Å². The lowest BCUT2D eigenvalue weighted by Gasteiger charge is -2.56. The Morgan fingerprint density at radius 1 is 0.821 bits per heavy atom. The van der Waals surface area contributed by atoms with Gasteiger partial charge in [-0.15, -0.1) is 0 Å². The van der Waals surface area contributed by atoms with E-state index in [0.717, 1.165) is 18.5 Å². The molecular formula is C36H31N3. The maximum absolute atomic E-state index is 7.01. The smallest absolute Gasteiger partial charge is 0.108 e. The topological polar surface area (TPSA) is 34.2 Å². The van der Waals surface area contributed by atoms with Crippen LogP contribution in [0.15, 0.2) is 127 Å². The Balaban J connectivity index is 1.52. The van der Waals surface area contributed by atoms with E-state index in [-0.39, 0.29) is 11.7 Å². The monoisotopic (exact) mass is 505 g/mol. The van der Waals surface area contributed by atoms with Crippen molar-refractivity contribution in [3.63, 3.8) is 0 Å². The minimum atomic E-state index is -0.363. The van der Waals surface area contributed by atoms with Crippen molar-refractivity contribution in [1.29, 1.82) is 0 Å². The summed E-state index contributed by atoms with van der Waals surface area (Å²) < 4.78 is 2.61. The first-order chi connectivity index (χ1) is 19.1. The minimum Gasteiger partial charge on any atom is -0.398 e. The third-order valence-corrected chi connectivity index (χ3v) is 9.12. The number of nitrogen functional groups attached to an aromatic ring is 1. The van der Waals surface area contributed by atoms with Gasteiger partial charge in [0.1, 0.15) is 6.17 Å². The molecule has 0 spiro atoms. The van der Waals surface area contributed by atoms with Gasteiger partial charge in [-0.2, -0.15) is 0 Å². The predicted octanol–water partition coefficient (Wildman–Crippen LogP) is 8.21. The molecule has 0 amide bonds. The van der Waals surface area contributed by atoms with Gasteiger partial charge in [0.15, 0.2) is 0 Å². The average molecular weight is 506 g/mol. The molecule has 0 saturated carbocycles. The van der Waals surface area contributed by atoms with Crippen LogP contribution < -0.4 is 5.73 Å². The van der Waals surface area contributed by atoms with Crippen molar-refractivity contribution in [3.05, 3.63) is 144 Å².